The molecule has 128 valence electrons. The molecular formula is C18H23N3O3. The second kappa shape index (κ2) is 7.49. The van der Waals surface area contributed by atoms with Gasteiger partial charge in [0, 0.05) is 24.2 Å². The van der Waals surface area contributed by atoms with Crippen LogP contribution in [0.5, 0.6) is 11.5 Å². The topological polar surface area (TPSA) is 76.5 Å². The van der Waals surface area contributed by atoms with Gasteiger partial charge >= 0.3 is 0 Å². The highest BCUT2D eigenvalue weighted by molar-refractivity contribution is 5.43. The van der Waals surface area contributed by atoms with Crippen LogP contribution in [0, 0.1) is 0 Å². The van der Waals surface area contributed by atoms with Gasteiger partial charge in [0.15, 0.2) is 11.5 Å². The SMILES string of the molecule is COc1ccc(CCNc2cc(C3CC(O)C3)ncn2)cc1OC. The molecule has 0 amide bonds. The van der Waals surface area contributed by atoms with Crippen molar-refractivity contribution >= 4 is 5.82 Å². The van der Waals surface area contributed by atoms with Crippen molar-refractivity contribution in [3.63, 3.8) is 0 Å². The van der Waals surface area contributed by atoms with Crippen molar-refractivity contribution in [2.24, 2.45) is 0 Å². The summed E-state index contributed by atoms with van der Waals surface area (Å²) in [4.78, 5) is 8.57. The maximum absolute atomic E-state index is 9.42. The van der Waals surface area contributed by atoms with E-state index in [9.17, 15) is 5.11 Å². The van der Waals surface area contributed by atoms with Crippen molar-refractivity contribution in [3.8, 4) is 11.5 Å². The first kappa shape index (κ1) is 16.5. The normalized spacial score (nSPS) is 19.5. The van der Waals surface area contributed by atoms with Crippen LogP contribution in [0.4, 0.5) is 5.82 Å². The van der Waals surface area contributed by atoms with E-state index in [1.807, 2.05) is 24.3 Å². The van der Waals surface area contributed by atoms with Crippen LogP contribution in [0.15, 0.2) is 30.6 Å². The maximum Gasteiger partial charge on any atom is 0.160 e. The Morgan fingerprint density at radius 2 is 1.92 bits per heavy atom. The zero-order valence-electron chi connectivity index (χ0n) is 14.0. The Morgan fingerprint density at radius 3 is 2.62 bits per heavy atom. The number of hydrogen-bond acceptors (Lipinski definition) is 6. The van der Waals surface area contributed by atoms with Crippen LogP contribution in [-0.2, 0) is 6.42 Å². The molecule has 0 unspecified atom stereocenters. The summed E-state index contributed by atoms with van der Waals surface area (Å²) in [5.74, 6) is 2.65. The molecule has 0 saturated heterocycles. The quantitative estimate of drug-likeness (QED) is 0.812. The van der Waals surface area contributed by atoms with Gasteiger partial charge in [-0.1, -0.05) is 6.07 Å². The highest BCUT2D eigenvalue weighted by atomic mass is 16.5. The number of rotatable bonds is 7. The molecule has 1 aliphatic carbocycles. The Hall–Kier alpha value is -2.34. The van der Waals surface area contributed by atoms with E-state index < -0.39 is 0 Å². The molecule has 1 aliphatic rings. The third-order valence-electron chi connectivity index (χ3n) is 4.39. The van der Waals surface area contributed by atoms with E-state index in [-0.39, 0.29) is 6.10 Å². The van der Waals surface area contributed by atoms with Crippen molar-refractivity contribution in [2.75, 3.05) is 26.1 Å². The molecule has 0 atom stereocenters. The highest BCUT2D eigenvalue weighted by Gasteiger charge is 2.29. The molecule has 6 nitrogen and oxygen atoms in total. The molecule has 3 rings (SSSR count). The van der Waals surface area contributed by atoms with E-state index in [0.717, 1.165) is 54.4 Å². The first-order chi connectivity index (χ1) is 11.7. The summed E-state index contributed by atoms with van der Waals surface area (Å²) in [6, 6.07) is 7.91. The van der Waals surface area contributed by atoms with E-state index in [4.69, 9.17) is 9.47 Å². The van der Waals surface area contributed by atoms with Gasteiger partial charge in [-0.3, -0.25) is 0 Å². The average molecular weight is 329 g/mol. The minimum Gasteiger partial charge on any atom is -0.493 e. The molecule has 1 fully saturated rings. The molecule has 0 radical (unpaired) electrons. The van der Waals surface area contributed by atoms with Crippen LogP contribution in [-0.4, -0.2) is 41.9 Å². The number of nitrogens with one attached hydrogen (secondary N) is 1. The zero-order valence-corrected chi connectivity index (χ0v) is 14.0. The number of aromatic nitrogens is 2. The lowest BCUT2D eigenvalue weighted by atomic mass is 9.80. The molecule has 2 N–H and O–H groups in total. The fraction of sp³-hybridized carbons (Fsp3) is 0.444. The van der Waals surface area contributed by atoms with Gasteiger partial charge in [0.05, 0.1) is 20.3 Å². The van der Waals surface area contributed by atoms with Crippen LogP contribution in [0.3, 0.4) is 0 Å². The van der Waals surface area contributed by atoms with Gasteiger partial charge in [0.1, 0.15) is 12.1 Å². The van der Waals surface area contributed by atoms with Crippen LogP contribution >= 0.6 is 0 Å². The van der Waals surface area contributed by atoms with Crippen LogP contribution in [0.25, 0.3) is 0 Å². The van der Waals surface area contributed by atoms with Gasteiger partial charge in [0.25, 0.3) is 0 Å². The van der Waals surface area contributed by atoms with Crippen LogP contribution in [0.1, 0.15) is 30.0 Å². The van der Waals surface area contributed by atoms with E-state index in [2.05, 4.69) is 15.3 Å². The Morgan fingerprint density at radius 1 is 1.12 bits per heavy atom. The summed E-state index contributed by atoms with van der Waals surface area (Å²) in [5.41, 5.74) is 2.17. The first-order valence-electron chi connectivity index (χ1n) is 8.14. The second-order valence-electron chi connectivity index (χ2n) is 6.02. The molecule has 0 aliphatic heterocycles. The lowest BCUT2D eigenvalue weighted by Gasteiger charge is -2.30. The summed E-state index contributed by atoms with van der Waals surface area (Å²) < 4.78 is 10.6. The number of anilines is 1. The Kier molecular flexibility index (Phi) is 5.15. The fourth-order valence-corrected chi connectivity index (χ4v) is 2.89. The van der Waals surface area contributed by atoms with Gasteiger partial charge in [-0.15, -0.1) is 0 Å². The lowest BCUT2D eigenvalue weighted by Crippen LogP contribution is -2.27. The van der Waals surface area contributed by atoms with E-state index >= 15 is 0 Å². The van der Waals surface area contributed by atoms with Crippen LogP contribution in [0.2, 0.25) is 0 Å². The fourth-order valence-electron chi connectivity index (χ4n) is 2.89. The second-order valence-corrected chi connectivity index (χ2v) is 6.02. The molecule has 1 heterocycles. The maximum atomic E-state index is 9.42. The zero-order chi connectivity index (χ0) is 16.9. The molecular weight excluding hydrogens is 306 g/mol. The molecule has 1 aromatic heterocycles. The summed E-state index contributed by atoms with van der Waals surface area (Å²) >= 11 is 0. The monoisotopic (exact) mass is 329 g/mol. The van der Waals surface area contributed by atoms with Crippen molar-refractivity contribution in [3.05, 3.63) is 41.9 Å². The smallest absolute Gasteiger partial charge is 0.160 e. The number of benzene rings is 1. The van der Waals surface area contributed by atoms with Crippen molar-refractivity contribution in [1.82, 2.24) is 9.97 Å². The van der Waals surface area contributed by atoms with E-state index in [1.165, 1.54) is 0 Å². The molecule has 2 aromatic rings. The van der Waals surface area contributed by atoms with E-state index in [0.29, 0.717) is 5.92 Å². The van der Waals surface area contributed by atoms with Crippen molar-refractivity contribution < 1.29 is 14.6 Å². The average Bonchev–Trinajstić information content (AvgIpc) is 2.59. The Bertz CT molecular complexity index is 687. The number of nitrogens with zero attached hydrogens (tertiary/aromatic N) is 2. The largest absolute Gasteiger partial charge is 0.493 e. The van der Waals surface area contributed by atoms with Crippen molar-refractivity contribution in [2.45, 2.75) is 31.3 Å². The van der Waals surface area contributed by atoms with Crippen molar-refractivity contribution in [1.29, 1.82) is 0 Å². The lowest BCUT2D eigenvalue weighted by molar-refractivity contribution is 0.0732. The van der Waals surface area contributed by atoms with Gasteiger partial charge < -0.3 is 19.9 Å². The number of ether oxygens (including phenoxy) is 2. The van der Waals surface area contributed by atoms with Crippen LogP contribution < -0.4 is 14.8 Å². The minimum absolute atomic E-state index is 0.175. The number of aliphatic hydroxyl groups is 1. The van der Waals surface area contributed by atoms with Gasteiger partial charge in [-0.25, -0.2) is 9.97 Å². The molecule has 1 saturated carbocycles. The number of methoxy groups -OCH3 is 2. The minimum atomic E-state index is -0.175. The highest BCUT2D eigenvalue weighted by Crippen LogP contribution is 2.36. The van der Waals surface area contributed by atoms with Gasteiger partial charge in [-0.05, 0) is 37.0 Å². The number of aliphatic hydroxyl groups excluding tert-OH is 1. The summed E-state index contributed by atoms with van der Waals surface area (Å²) in [6.07, 6.45) is 3.84. The summed E-state index contributed by atoms with van der Waals surface area (Å²) in [5, 5.41) is 12.7. The molecule has 1 aromatic carbocycles. The third-order valence-corrected chi connectivity index (χ3v) is 4.39. The molecule has 0 spiro atoms. The molecule has 6 heteroatoms. The Labute approximate surface area is 141 Å². The first-order valence-corrected chi connectivity index (χ1v) is 8.14. The predicted octanol–water partition coefficient (Wildman–Crippen LogP) is 2.39. The molecule has 24 heavy (non-hydrogen) atoms. The Balaban J connectivity index is 1.56. The standard InChI is InChI=1S/C18H23N3O3/c1-23-16-4-3-12(7-17(16)24-2)5-6-19-18-10-15(20-11-21-18)13-8-14(22)9-13/h3-4,7,10-11,13-14,22H,5-6,8-9H2,1-2H3,(H,19,20,21). The summed E-state index contributed by atoms with van der Waals surface area (Å²) in [7, 11) is 3.27. The molecule has 0 bridgehead atoms. The predicted molar refractivity (Wildman–Crippen MR) is 91.8 cm³/mol. The number of hydrogen-bond donors (Lipinski definition) is 2. The van der Waals surface area contributed by atoms with E-state index in [1.54, 1.807) is 20.5 Å². The van der Waals surface area contributed by atoms with Gasteiger partial charge in [-0.2, -0.15) is 0 Å². The van der Waals surface area contributed by atoms with Gasteiger partial charge in [0.2, 0.25) is 0 Å². The third kappa shape index (κ3) is 3.76. The summed E-state index contributed by atoms with van der Waals surface area (Å²) in [6.45, 7) is 0.763.